The van der Waals surface area contributed by atoms with Crippen LogP contribution in [0.1, 0.15) is 12.0 Å². The standard InChI is InChI=1S/C12H15F3N2O2.ClH/c13-12(14,15)19-10-4-2-1-3-9(10)6-8-17-11(18)5-7-16;/h1-4H,5-8,16H2,(H,17,18);1H. The van der Waals surface area contributed by atoms with Gasteiger partial charge in [-0.25, -0.2) is 0 Å². The smallest absolute Gasteiger partial charge is 0.406 e. The lowest BCUT2D eigenvalue weighted by Gasteiger charge is -2.13. The molecule has 0 unspecified atom stereocenters. The Bertz CT molecular complexity index is 427. The van der Waals surface area contributed by atoms with E-state index in [0.717, 1.165) is 0 Å². The second kappa shape index (κ2) is 8.65. The normalized spacial score (nSPS) is 10.6. The number of carbonyl (C=O) groups excluding carboxylic acids is 1. The minimum Gasteiger partial charge on any atom is -0.406 e. The summed E-state index contributed by atoms with van der Waals surface area (Å²) in [5, 5.41) is 2.57. The van der Waals surface area contributed by atoms with Gasteiger partial charge in [0.15, 0.2) is 0 Å². The van der Waals surface area contributed by atoms with E-state index in [0.29, 0.717) is 5.56 Å². The highest BCUT2D eigenvalue weighted by molar-refractivity contribution is 5.85. The molecule has 114 valence electrons. The van der Waals surface area contributed by atoms with Crippen LogP contribution in [0.5, 0.6) is 5.75 Å². The summed E-state index contributed by atoms with van der Waals surface area (Å²) in [5.74, 6) is -0.472. The lowest BCUT2D eigenvalue weighted by Crippen LogP contribution is -2.27. The predicted molar refractivity (Wildman–Crippen MR) is 70.8 cm³/mol. The van der Waals surface area contributed by atoms with Gasteiger partial charge in [0, 0.05) is 19.5 Å². The Hall–Kier alpha value is -1.47. The summed E-state index contributed by atoms with van der Waals surface area (Å²) in [6, 6.07) is 5.83. The van der Waals surface area contributed by atoms with Crippen molar-refractivity contribution in [3.63, 3.8) is 0 Å². The van der Waals surface area contributed by atoms with Crippen LogP contribution >= 0.6 is 12.4 Å². The lowest BCUT2D eigenvalue weighted by molar-refractivity contribution is -0.274. The van der Waals surface area contributed by atoms with E-state index in [1.807, 2.05) is 0 Å². The van der Waals surface area contributed by atoms with Gasteiger partial charge in [-0.2, -0.15) is 0 Å². The molecule has 4 nitrogen and oxygen atoms in total. The van der Waals surface area contributed by atoms with Gasteiger partial charge >= 0.3 is 6.36 Å². The van der Waals surface area contributed by atoms with Gasteiger partial charge in [0.1, 0.15) is 5.75 Å². The van der Waals surface area contributed by atoms with Crippen molar-refractivity contribution in [2.75, 3.05) is 13.1 Å². The Balaban J connectivity index is 0.00000361. The maximum Gasteiger partial charge on any atom is 0.573 e. The third-order valence-corrected chi connectivity index (χ3v) is 2.29. The first kappa shape index (κ1) is 18.5. The first-order valence-corrected chi connectivity index (χ1v) is 5.73. The number of rotatable bonds is 6. The quantitative estimate of drug-likeness (QED) is 0.844. The largest absolute Gasteiger partial charge is 0.573 e. The fourth-order valence-corrected chi connectivity index (χ4v) is 1.49. The number of hydrogen-bond acceptors (Lipinski definition) is 3. The average Bonchev–Trinajstić information content (AvgIpc) is 2.30. The molecule has 0 saturated carbocycles. The van der Waals surface area contributed by atoms with Crippen LogP contribution in [0.4, 0.5) is 13.2 Å². The van der Waals surface area contributed by atoms with E-state index in [4.69, 9.17) is 5.73 Å². The maximum atomic E-state index is 12.2. The van der Waals surface area contributed by atoms with Crippen molar-refractivity contribution in [1.82, 2.24) is 5.32 Å². The Kier molecular flexibility index (Phi) is 8.02. The van der Waals surface area contributed by atoms with E-state index in [-0.39, 0.29) is 50.0 Å². The fraction of sp³-hybridized carbons (Fsp3) is 0.417. The summed E-state index contributed by atoms with van der Waals surface area (Å²) in [6.45, 7) is 0.469. The zero-order valence-electron chi connectivity index (χ0n) is 10.6. The average molecular weight is 313 g/mol. The maximum absolute atomic E-state index is 12.2. The van der Waals surface area contributed by atoms with Crippen molar-refractivity contribution >= 4 is 18.3 Å². The van der Waals surface area contributed by atoms with Crippen molar-refractivity contribution in [1.29, 1.82) is 0 Å². The molecule has 1 amide bonds. The number of ether oxygens (including phenoxy) is 1. The molecule has 0 radical (unpaired) electrons. The molecule has 3 N–H and O–H groups in total. The van der Waals surface area contributed by atoms with E-state index in [1.165, 1.54) is 18.2 Å². The van der Waals surface area contributed by atoms with Crippen LogP contribution in [-0.2, 0) is 11.2 Å². The summed E-state index contributed by atoms with van der Waals surface area (Å²) in [4.78, 5) is 11.1. The van der Waals surface area contributed by atoms with E-state index < -0.39 is 6.36 Å². The van der Waals surface area contributed by atoms with Crippen LogP contribution in [0.3, 0.4) is 0 Å². The topological polar surface area (TPSA) is 64.4 Å². The van der Waals surface area contributed by atoms with Gasteiger partial charge in [0.25, 0.3) is 0 Å². The van der Waals surface area contributed by atoms with Crippen molar-refractivity contribution < 1.29 is 22.7 Å². The first-order chi connectivity index (χ1) is 8.92. The SMILES string of the molecule is Cl.NCCC(=O)NCCc1ccccc1OC(F)(F)F. The molecule has 0 atom stereocenters. The molecule has 0 aliphatic carbocycles. The second-order valence-electron chi connectivity index (χ2n) is 3.79. The fourth-order valence-electron chi connectivity index (χ4n) is 1.49. The van der Waals surface area contributed by atoms with Gasteiger partial charge in [-0.1, -0.05) is 18.2 Å². The highest BCUT2D eigenvalue weighted by Crippen LogP contribution is 2.26. The molecule has 0 aliphatic rings. The van der Waals surface area contributed by atoms with Gasteiger partial charge < -0.3 is 15.8 Å². The minimum atomic E-state index is -4.72. The van der Waals surface area contributed by atoms with E-state index in [9.17, 15) is 18.0 Å². The number of para-hydroxylation sites is 1. The zero-order valence-corrected chi connectivity index (χ0v) is 11.4. The van der Waals surface area contributed by atoms with Gasteiger partial charge in [0.05, 0.1) is 0 Å². The molecule has 0 bridgehead atoms. The number of halogens is 4. The van der Waals surface area contributed by atoms with Crippen LogP contribution in [0.15, 0.2) is 24.3 Å². The molecule has 0 fully saturated rings. The Labute approximate surface area is 120 Å². The number of nitrogens with two attached hydrogens (primary N) is 1. The third kappa shape index (κ3) is 7.20. The van der Waals surface area contributed by atoms with Crippen LogP contribution in [0.25, 0.3) is 0 Å². The number of benzene rings is 1. The van der Waals surface area contributed by atoms with Crippen molar-refractivity contribution in [2.45, 2.75) is 19.2 Å². The Morgan fingerprint density at radius 2 is 1.95 bits per heavy atom. The summed E-state index contributed by atoms with van der Waals surface area (Å²) >= 11 is 0. The molecular weight excluding hydrogens is 297 g/mol. The number of amides is 1. The molecule has 0 aromatic heterocycles. The molecule has 20 heavy (non-hydrogen) atoms. The van der Waals surface area contributed by atoms with Crippen LogP contribution in [0.2, 0.25) is 0 Å². The molecule has 1 aromatic rings. The minimum absolute atomic E-state index is 0. The molecule has 0 heterocycles. The molecule has 0 saturated heterocycles. The number of nitrogens with one attached hydrogen (secondary N) is 1. The third-order valence-electron chi connectivity index (χ3n) is 2.29. The van der Waals surface area contributed by atoms with Gasteiger partial charge in [-0.15, -0.1) is 25.6 Å². The van der Waals surface area contributed by atoms with Gasteiger partial charge in [-0.3, -0.25) is 4.79 Å². The highest BCUT2D eigenvalue weighted by atomic mass is 35.5. The number of carbonyl (C=O) groups is 1. The molecular formula is C12H16ClF3N2O2. The Morgan fingerprint density at radius 1 is 1.30 bits per heavy atom. The molecule has 8 heteroatoms. The first-order valence-electron chi connectivity index (χ1n) is 5.73. The summed E-state index contributed by atoms with van der Waals surface area (Å²) in [6.07, 6.45) is -4.28. The number of alkyl halides is 3. The molecule has 0 spiro atoms. The zero-order chi connectivity index (χ0) is 14.3. The Morgan fingerprint density at radius 3 is 2.55 bits per heavy atom. The predicted octanol–water partition coefficient (Wildman–Crippen LogP) is 2.01. The van der Waals surface area contributed by atoms with Crippen molar-refractivity contribution in [3.8, 4) is 5.75 Å². The van der Waals surface area contributed by atoms with Crippen LogP contribution in [-0.4, -0.2) is 25.4 Å². The van der Waals surface area contributed by atoms with Crippen molar-refractivity contribution in [2.24, 2.45) is 5.73 Å². The molecule has 1 aromatic carbocycles. The number of hydrogen-bond donors (Lipinski definition) is 2. The van der Waals surface area contributed by atoms with E-state index in [1.54, 1.807) is 6.07 Å². The second-order valence-corrected chi connectivity index (χ2v) is 3.79. The summed E-state index contributed by atoms with van der Waals surface area (Å²) < 4.78 is 40.4. The van der Waals surface area contributed by atoms with E-state index >= 15 is 0 Å². The van der Waals surface area contributed by atoms with E-state index in [2.05, 4.69) is 10.1 Å². The molecule has 1 rings (SSSR count). The summed E-state index contributed by atoms with van der Waals surface area (Å²) in [7, 11) is 0. The monoisotopic (exact) mass is 312 g/mol. The summed E-state index contributed by atoms with van der Waals surface area (Å²) in [5.41, 5.74) is 5.58. The van der Waals surface area contributed by atoms with Crippen molar-refractivity contribution in [3.05, 3.63) is 29.8 Å². The van der Waals surface area contributed by atoms with Gasteiger partial charge in [-0.05, 0) is 18.1 Å². The lowest BCUT2D eigenvalue weighted by atomic mass is 10.1. The van der Waals surface area contributed by atoms with Crippen LogP contribution < -0.4 is 15.8 Å². The highest BCUT2D eigenvalue weighted by Gasteiger charge is 2.31. The van der Waals surface area contributed by atoms with Crippen LogP contribution in [0, 0.1) is 0 Å². The van der Waals surface area contributed by atoms with Gasteiger partial charge in [0.2, 0.25) is 5.91 Å². The molecule has 0 aliphatic heterocycles.